The maximum absolute atomic E-state index is 12.7. The van der Waals surface area contributed by atoms with Gasteiger partial charge in [-0.3, -0.25) is 0 Å². The molecule has 0 aliphatic heterocycles. The van der Waals surface area contributed by atoms with Crippen molar-refractivity contribution in [1.82, 2.24) is 15.0 Å². The Kier molecular flexibility index (Phi) is 6.12. The third-order valence-corrected chi connectivity index (χ3v) is 4.79. The summed E-state index contributed by atoms with van der Waals surface area (Å²) in [6.45, 7) is 5.92. The molecule has 0 spiro atoms. The highest BCUT2D eigenvalue weighted by Gasteiger charge is 2.30. The lowest BCUT2D eigenvalue weighted by atomic mass is 10.1. The Morgan fingerprint density at radius 1 is 0.966 bits per heavy atom. The van der Waals surface area contributed by atoms with E-state index < -0.39 is 11.7 Å². The van der Waals surface area contributed by atoms with Gasteiger partial charge in [0.15, 0.2) is 5.75 Å². The second-order valence-corrected chi connectivity index (χ2v) is 6.99. The maximum atomic E-state index is 12.7. The number of alkyl halides is 3. The summed E-state index contributed by atoms with van der Waals surface area (Å²) in [7, 11) is 0. The predicted molar refractivity (Wildman–Crippen MR) is 108 cm³/mol. The van der Waals surface area contributed by atoms with Gasteiger partial charge < -0.3 is 4.74 Å². The lowest BCUT2D eigenvalue weighted by Crippen LogP contribution is -2.04. The number of ether oxygens (including phenoxy) is 1. The minimum absolute atomic E-state index is 0.290. The lowest BCUT2D eigenvalue weighted by molar-refractivity contribution is -0.137. The first-order valence-corrected chi connectivity index (χ1v) is 9.75. The van der Waals surface area contributed by atoms with E-state index in [1.165, 1.54) is 18.5 Å². The van der Waals surface area contributed by atoms with Gasteiger partial charge in [0.25, 0.3) is 0 Å². The molecule has 0 fully saturated rings. The summed E-state index contributed by atoms with van der Waals surface area (Å²) in [6.07, 6.45) is -3.06. The second-order valence-electron chi connectivity index (χ2n) is 5.75. The highest BCUT2D eigenvalue weighted by Crippen LogP contribution is 2.33. The van der Waals surface area contributed by atoms with Crippen LogP contribution in [0.5, 0.6) is 11.6 Å². The Labute approximate surface area is 170 Å². The van der Waals surface area contributed by atoms with Crippen LogP contribution >= 0.6 is 11.3 Å². The molecule has 0 saturated heterocycles. The zero-order valence-electron chi connectivity index (χ0n) is 16.0. The molecular formula is C21H18F3N3OS. The number of benzene rings is 2. The average molecular weight is 417 g/mol. The molecule has 0 aliphatic carbocycles. The van der Waals surface area contributed by atoms with E-state index in [-0.39, 0.29) is 5.88 Å². The molecule has 0 radical (unpaired) electrons. The molecule has 0 bridgehead atoms. The minimum atomic E-state index is -4.37. The van der Waals surface area contributed by atoms with Gasteiger partial charge >= 0.3 is 6.18 Å². The number of aryl methyl sites for hydroxylation is 1. The highest BCUT2D eigenvalue weighted by atomic mass is 32.1. The summed E-state index contributed by atoms with van der Waals surface area (Å²) in [5, 5.41) is 0.925. The summed E-state index contributed by atoms with van der Waals surface area (Å²) in [5.74, 6) is 0.854. The van der Waals surface area contributed by atoms with Crippen molar-refractivity contribution in [1.29, 1.82) is 0 Å². The first kappa shape index (κ1) is 20.7. The molecule has 0 unspecified atom stereocenters. The van der Waals surface area contributed by atoms with E-state index in [1.54, 1.807) is 23.5 Å². The van der Waals surface area contributed by atoms with Crippen molar-refractivity contribution in [2.24, 2.45) is 0 Å². The number of hydrogen-bond acceptors (Lipinski definition) is 5. The van der Waals surface area contributed by atoms with Gasteiger partial charge in [0.05, 0.1) is 21.0 Å². The molecule has 2 aromatic carbocycles. The minimum Gasteiger partial charge on any atom is -0.437 e. The van der Waals surface area contributed by atoms with Crippen LogP contribution in [0.2, 0.25) is 0 Å². The Morgan fingerprint density at radius 3 is 2.38 bits per heavy atom. The first-order chi connectivity index (χ1) is 13.9. The van der Waals surface area contributed by atoms with E-state index in [0.717, 1.165) is 27.4 Å². The Morgan fingerprint density at radius 2 is 1.69 bits per heavy atom. The van der Waals surface area contributed by atoms with E-state index in [2.05, 4.69) is 15.0 Å². The number of fused-ring (bicyclic) bond motifs is 1. The number of rotatable bonds is 3. The van der Waals surface area contributed by atoms with Gasteiger partial charge in [0, 0.05) is 11.6 Å². The van der Waals surface area contributed by atoms with Gasteiger partial charge in [0.1, 0.15) is 11.8 Å². The Hall–Kier alpha value is -3.00. The van der Waals surface area contributed by atoms with E-state index in [1.807, 2.05) is 32.9 Å². The largest absolute Gasteiger partial charge is 0.437 e. The normalized spacial score (nSPS) is 11.1. The van der Waals surface area contributed by atoms with Gasteiger partial charge in [0.2, 0.25) is 5.88 Å². The van der Waals surface area contributed by atoms with Crippen LogP contribution in [-0.4, -0.2) is 15.0 Å². The fraction of sp³-hybridized carbons (Fsp3) is 0.190. The van der Waals surface area contributed by atoms with E-state index in [0.29, 0.717) is 17.0 Å². The molecule has 150 valence electrons. The van der Waals surface area contributed by atoms with Crippen LogP contribution in [0, 0.1) is 6.92 Å². The van der Waals surface area contributed by atoms with Crippen molar-refractivity contribution in [2.45, 2.75) is 26.9 Å². The fourth-order valence-corrected chi connectivity index (χ4v) is 3.46. The SMILES string of the molecule is CC.Cc1nc2c(Oc3cc(-c4ccc(C(F)(F)F)cc4)ncn3)cccc2s1. The molecule has 0 amide bonds. The van der Waals surface area contributed by atoms with Crippen molar-refractivity contribution in [3.63, 3.8) is 0 Å². The quantitative estimate of drug-likeness (QED) is 0.364. The zero-order chi connectivity index (χ0) is 21.0. The summed E-state index contributed by atoms with van der Waals surface area (Å²) in [4.78, 5) is 12.7. The Bertz CT molecular complexity index is 1110. The van der Waals surface area contributed by atoms with Gasteiger partial charge in [-0.05, 0) is 31.2 Å². The molecule has 4 aromatic rings. The molecule has 0 atom stereocenters. The summed E-state index contributed by atoms with van der Waals surface area (Å²) in [6, 6.07) is 12.0. The fourth-order valence-electron chi connectivity index (χ4n) is 2.61. The number of thiazole rings is 1. The van der Waals surface area contributed by atoms with Crippen LogP contribution in [0.3, 0.4) is 0 Å². The van der Waals surface area contributed by atoms with Gasteiger partial charge in [-0.1, -0.05) is 32.0 Å². The smallest absolute Gasteiger partial charge is 0.416 e. The topological polar surface area (TPSA) is 47.9 Å². The van der Waals surface area contributed by atoms with Gasteiger partial charge in [-0.25, -0.2) is 15.0 Å². The predicted octanol–water partition coefficient (Wildman–Crippen LogP) is 6.90. The molecule has 0 N–H and O–H groups in total. The second kappa shape index (κ2) is 8.57. The van der Waals surface area contributed by atoms with Crippen molar-refractivity contribution in [3.8, 4) is 22.9 Å². The molecular weight excluding hydrogens is 399 g/mol. The molecule has 4 nitrogen and oxygen atoms in total. The lowest BCUT2D eigenvalue weighted by Gasteiger charge is -2.09. The molecule has 4 rings (SSSR count). The molecule has 0 aliphatic rings. The number of nitrogens with zero attached hydrogens (tertiary/aromatic N) is 3. The third-order valence-electron chi connectivity index (χ3n) is 3.85. The maximum Gasteiger partial charge on any atom is 0.416 e. The standard InChI is InChI=1S/C19H12F3N3OS.C2H6/c1-11-25-18-15(3-2-4-16(18)27-11)26-17-9-14(23-10-24-17)12-5-7-13(8-6-12)19(20,21)22;1-2/h2-10H,1H3;1-2H3. The first-order valence-electron chi connectivity index (χ1n) is 8.94. The molecule has 8 heteroatoms. The van der Waals surface area contributed by atoms with Crippen LogP contribution in [0.4, 0.5) is 13.2 Å². The monoisotopic (exact) mass is 417 g/mol. The third kappa shape index (κ3) is 4.71. The Balaban J connectivity index is 0.00000117. The molecule has 29 heavy (non-hydrogen) atoms. The summed E-state index contributed by atoms with van der Waals surface area (Å²) in [5.41, 5.74) is 1.05. The van der Waals surface area contributed by atoms with Crippen molar-refractivity contribution in [3.05, 3.63) is 65.4 Å². The molecule has 0 saturated carbocycles. The number of aromatic nitrogens is 3. The van der Waals surface area contributed by atoms with Crippen molar-refractivity contribution < 1.29 is 17.9 Å². The summed E-state index contributed by atoms with van der Waals surface area (Å²) >= 11 is 1.56. The number of hydrogen-bond donors (Lipinski definition) is 0. The van der Waals surface area contributed by atoms with E-state index in [4.69, 9.17) is 4.74 Å². The van der Waals surface area contributed by atoms with Gasteiger partial charge in [-0.2, -0.15) is 13.2 Å². The average Bonchev–Trinajstić information content (AvgIpc) is 3.11. The van der Waals surface area contributed by atoms with Crippen molar-refractivity contribution >= 4 is 21.6 Å². The zero-order valence-corrected chi connectivity index (χ0v) is 16.8. The van der Waals surface area contributed by atoms with E-state index in [9.17, 15) is 13.2 Å². The number of halogens is 3. The summed E-state index contributed by atoms with van der Waals surface area (Å²) < 4.78 is 45.0. The van der Waals surface area contributed by atoms with Gasteiger partial charge in [-0.15, -0.1) is 11.3 Å². The van der Waals surface area contributed by atoms with Crippen LogP contribution in [0.1, 0.15) is 24.4 Å². The van der Waals surface area contributed by atoms with E-state index >= 15 is 0 Å². The molecule has 2 heterocycles. The van der Waals surface area contributed by atoms with Crippen LogP contribution in [0.15, 0.2) is 54.9 Å². The van der Waals surface area contributed by atoms with Crippen LogP contribution in [-0.2, 0) is 6.18 Å². The number of para-hydroxylation sites is 1. The van der Waals surface area contributed by atoms with Crippen molar-refractivity contribution in [2.75, 3.05) is 0 Å². The van der Waals surface area contributed by atoms with Crippen LogP contribution < -0.4 is 4.74 Å². The highest BCUT2D eigenvalue weighted by molar-refractivity contribution is 7.18. The molecule has 2 aromatic heterocycles. The van der Waals surface area contributed by atoms with Crippen LogP contribution in [0.25, 0.3) is 21.5 Å².